The number of hydrogen-bond donors (Lipinski definition) is 1. The van der Waals surface area contributed by atoms with Crippen molar-refractivity contribution in [3.63, 3.8) is 0 Å². The number of rotatable bonds is 2. The highest BCUT2D eigenvalue weighted by molar-refractivity contribution is 5.32. The Morgan fingerprint density at radius 3 is 2.74 bits per heavy atom. The molecule has 0 saturated carbocycles. The molecule has 19 heavy (non-hydrogen) atoms. The van der Waals surface area contributed by atoms with E-state index in [1.807, 2.05) is 0 Å². The first-order chi connectivity index (χ1) is 9.02. The average Bonchev–Trinajstić information content (AvgIpc) is 2.63. The van der Waals surface area contributed by atoms with Crippen molar-refractivity contribution in [2.45, 2.75) is 38.1 Å². The molecule has 0 aliphatic carbocycles. The van der Waals surface area contributed by atoms with Crippen molar-refractivity contribution in [2.24, 2.45) is 0 Å². The van der Waals surface area contributed by atoms with Crippen LogP contribution in [0, 0.1) is 0 Å². The van der Waals surface area contributed by atoms with Crippen molar-refractivity contribution in [1.29, 1.82) is 0 Å². The summed E-state index contributed by atoms with van der Waals surface area (Å²) >= 11 is 0. The van der Waals surface area contributed by atoms with Crippen LogP contribution in [0.3, 0.4) is 0 Å². The van der Waals surface area contributed by atoms with Crippen molar-refractivity contribution in [1.82, 2.24) is 5.32 Å². The molecule has 2 nitrogen and oxygen atoms in total. The molecule has 5 heteroatoms. The molecule has 0 bridgehead atoms. The highest BCUT2D eigenvalue weighted by Gasteiger charge is 2.35. The monoisotopic (exact) mass is 273 g/mol. The second kappa shape index (κ2) is 5.92. The van der Waals surface area contributed by atoms with Crippen LogP contribution in [-0.2, 0) is 10.9 Å². The van der Waals surface area contributed by atoms with Gasteiger partial charge in [-0.25, -0.2) is 0 Å². The van der Waals surface area contributed by atoms with Crippen LogP contribution < -0.4 is 5.32 Å². The van der Waals surface area contributed by atoms with E-state index in [1.54, 1.807) is 6.07 Å². The normalized spacial score (nSPS) is 25.1. The number of benzene rings is 1. The summed E-state index contributed by atoms with van der Waals surface area (Å²) in [5, 5.41) is 3.27. The predicted molar refractivity (Wildman–Crippen MR) is 66.8 cm³/mol. The van der Waals surface area contributed by atoms with Gasteiger partial charge in [0.15, 0.2) is 0 Å². The van der Waals surface area contributed by atoms with Gasteiger partial charge in [-0.3, -0.25) is 0 Å². The fraction of sp³-hybridized carbons (Fsp3) is 0.571. The lowest BCUT2D eigenvalue weighted by Crippen LogP contribution is -2.30. The minimum atomic E-state index is -4.34. The van der Waals surface area contributed by atoms with E-state index in [0.717, 1.165) is 18.9 Å². The third-order valence-electron chi connectivity index (χ3n) is 3.48. The van der Waals surface area contributed by atoms with E-state index >= 15 is 0 Å². The first-order valence-electron chi connectivity index (χ1n) is 6.53. The molecule has 2 unspecified atom stereocenters. The molecule has 0 spiro atoms. The lowest BCUT2D eigenvalue weighted by Gasteiger charge is -2.20. The molecule has 1 heterocycles. The molecule has 0 amide bonds. The van der Waals surface area contributed by atoms with Gasteiger partial charge in [-0.2, -0.15) is 13.2 Å². The Hall–Kier alpha value is -1.07. The van der Waals surface area contributed by atoms with Crippen LogP contribution in [0.15, 0.2) is 24.3 Å². The van der Waals surface area contributed by atoms with E-state index in [1.165, 1.54) is 12.1 Å². The summed E-state index contributed by atoms with van der Waals surface area (Å²) < 4.78 is 44.5. The van der Waals surface area contributed by atoms with Crippen LogP contribution in [0.2, 0.25) is 0 Å². The lowest BCUT2D eigenvalue weighted by atomic mass is 10.0. The summed E-state index contributed by atoms with van der Waals surface area (Å²) in [6, 6.07) is 5.96. The third-order valence-corrected chi connectivity index (χ3v) is 3.48. The predicted octanol–water partition coefficient (Wildman–Crippen LogP) is 3.54. The smallest absolute Gasteiger partial charge is 0.372 e. The molecule has 1 aliphatic heterocycles. The van der Waals surface area contributed by atoms with Gasteiger partial charge in [0.05, 0.1) is 11.7 Å². The van der Waals surface area contributed by atoms with Crippen LogP contribution >= 0.6 is 0 Å². The molecule has 2 atom stereocenters. The Kier molecular flexibility index (Phi) is 4.47. The van der Waals surface area contributed by atoms with Gasteiger partial charge in [-0.1, -0.05) is 25.1 Å². The van der Waals surface area contributed by atoms with Crippen LogP contribution in [0.1, 0.15) is 37.0 Å². The largest absolute Gasteiger partial charge is 0.416 e. The van der Waals surface area contributed by atoms with Crippen LogP contribution in [0.5, 0.6) is 0 Å². The van der Waals surface area contributed by atoms with E-state index in [-0.39, 0.29) is 5.56 Å². The van der Waals surface area contributed by atoms with Crippen molar-refractivity contribution >= 4 is 0 Å². The molecule has 106 valence electrons. The molecular weight excluding hydrogens is 255 g/mol. The second-order valence-electron chi connectivity index (χ2n) is 4.75. The molecule has 2 rings (SSSR count). The van der Waals surface area contributed by atoms with Gasteiger partial charge >= 0.3 is 6.18 Å². The Morgan fingerprint density at radius 2 is 2.05 bits per heavy atom. The van der Waals surface area contributed by atoms with Gasteiger partial charge in [-0.05, 0) is 24.5 Å². The number of nitrogens with one attached hydrogen (secondary N) is 1. The second-order valence-corrected chi connectivity index (χ2v) is 4.75. The maximum absolute atomic E-state index is 13.0. The number of alkyl halides is 3. The molecule has 1 saturated heterocycles. The quantitative estimate of drug-likeness (QED) is 0.890. The van der Waals surface area contributed by atoms with Gasteiger partial charge in [0.25, 0.3) is 0 Å². The van der Waals surface area contributed by atoms with Gasteiger partial charge in [0, 0.05) is 19.2 Å². The Balaban J connectivity index is 2.22. The molecule has 1 aliphatic rings. The van der Waals surface area contributed by atoms with Gasteiger partial charge in [0.2, 0.25) is 0 Å². The Bertz CT molecular complexity index is 419. The minimum absolute atomic E-state index is 0.222. The molecule has 1 N–H and O–H groups in total. The lowest BCUT2D eigenvalue weighted by molar-refractivity contribution is -0.139. The highest BCUT2D eigenvalue weighted by atomic mass is 19.4. The zero-order valence-corrected chi connectivity index (χ0v) is 10.8. The van der Waals surface area contributed by atoms with Crippen molar-refractivity contribution in [2.75, 3.05) is 13.2 Å². The Labute approximate surface area is 111 Å². The zero-order chi connectivity index (χ0) is 13.9. The van der Waals surface area contributed by atoms with E-state index < -0.39 is 17.8 Å². The third kappa shape index (κ3) is 3.48. The summed E-state index contributed by atoms with van der Waals surface area (Å²) in [6.07, 6.45) is -3.08. The van der Waals surface area contributed by atoms with Crippen molar-refractivity contribution in [3.8, 4) is 0 Å². The summed E-state index contributed by atoms with van der Waals surface area (Å²) in [5.41, 5.74) is -0.379. The molecule has 0 aromatic heterocycles. The van der Waals surface area contributed by atoms with Gasteiger partial charge in [-0.15, -0.1) is 0 Å². The summed E-state index contributed by atoms with van der Waals surface area (Å²) in [5.74, 6) is 0. The Morgan fingerprint density at radius 1 is 1.32 bits per heavy atom. The van der Waals surface area contributed by atoms with Crippen LogP contribution in [-0.4, -0.2) is 19.2 Å². The van der Waals surface area contributed by atoms with Crippen LogP contribution in [0.4, 0.5) is 13.2 Å². The van der Waals surface area contributed by atoms with Crippen LogP contribution in [0.25, 0.3) is 0 Å². The van der Waals surface area contributed by atoms with Crippen molar-refractivity contribution in [3.05, 3.63) is 35.4 Å². The SMILES string of the molecule is CCC1CCOC(c2ccccc2C(F)(F)F)CN1. The molecular formula is C14H18F3NO. The van der Waals surface area contributed by atoms with Gasteiger partial charge < -0.3 is 10.1 Å². The summed E-state index contributed by atoms with van der Waals surface area (Å²) in [4.78, 5) is 0. The highest BCUT2D eigenvalue weighted by Crippen LogP contribution is 2.35. The topological polar surface area (TPSA) is 21.3 Å². The molecule has 1 fully saturated rings. The standard InChI is InChI=1S/C14H18F3NO/c1-2-10-7-8-19-13(9-18-10)11-5-3-4-6-12(11)14(15,16)17/h3-6,10,13,18H,2,7-9H2,1H3. The maximum atomic E-state index is 13.0. The summed E-state index contributed by atoms with van der Waals surface area (Å²) in [7, 11) is 0. The zero-order valence-electron chi connectivity index (χ0n) is 10.8. The van der Waals surface area contributed by atoms with E-state index in [0.29, 0.717) is 19.2 Å². The number of ether oxygens (including phenoxy) is 1. The first-order valence-corrected chi connectivity index (χ1v) is 6.53. The number of halogens is 3. The average molecular weight is 273 g/mol. The molecule has 1 aromatic rings. The fourth-order valence-electron chi connectivity index (χ4n) is 2.37. The van der Waals surface area contributed by atoms with E-state index in [4.69, 9.17) is 4.74 Å². The molecule has 1 aromatic carbocycles. The van der Waals surface area contributed by atoms with E-state index in [9.17, 15) is 13.2 Å². The van der Waals surface area contributed by atoms with E-state index in [2.05, 4.69) is 12.2 Å². The maximum Gasteiger partial charge on any atom is 0.416 e. The van der Waals surface area contributed by atoms with Crippen molar-refractivity contribution < 1.29 is 17.9 Å². The minimum Gasteiger partial charge on any atom is -0.372 e. The fourth-order valence-corrected chi connectivity index (χ4v) is 2.37. The summed E-state index contributed by atoms with van der Waals surface area (Å²) in [6.45, 7) is 2.97. The first kappa shape index (κ1) is 14.3. The number of hydrogen-bond acceptors (Lipinski definition) is 2. The van der Waals surface area contributed by atoms with Gasteiger partial charge in [0.1, 0.15) is 0 Å². The molecule has 0 radical (unpaired) electrons.